The second kappa shape index (κ2) is 11.3. The largest absolute Gasteiger partial charge is 0.497 e. The quantitative estimate of drug-likeness (QED) is 0.0938. The summed E-state index contributed by atoms with van der Waals surface area (Å²) in [5.74, 6) is 1.00. The molecule has 0 aliphatic heterocycles. The van der Waals surface area contributed by atoms with E-state index >= 15 is 0 Å². The maximum absolute atomic E-state index is 12.4. The highest BCUT2D eigenvalue weighted by Crippen LogP contribution is 2.32. The van der Waals surface area contributed by atoms with E-state index in [9.17, 15) is 9.59 Å². The van der Waals surface area contributed by atoms with E-state index in [1.54, 1.807) is 37.1 Å². The Kier molecular flexibility index (Phi) is 7.51. The molecule has 0 atom stereocenters. The number of hydrogen-bond acceptors (Lipinski definition) is 7. The average molecular weight is 512 g/mol. The minimum absolute atomic E-state index is 0.0811. The summed E-state index contributed by atoms with van der Waals surface area (Å²) < 4.78 is 15.8. The Morgan fingerprint density at radius 2 is 1.73 bits per heavy atom. The first-order valence-electron chi connectivity index (χ1n) is 12.0. The zero-order chi connectivity index (χ0) is 25.6. The highest BCUT2D eigenvalue weighted by atomic mass is 32.2. The van der Waals surface area contributed by atoms with Gasteiger partial charge in [0.05, 0.1) is 24.9 Å². The van der Waals surface area contributed by atoms with Gasteiger partial charge in [-0.3, -0.25) is 0 Å². The Hall–Kier alpha value is -4.10. The van der Waals surface area contributed by atoms with Crippen molar-refractivity contribution in [2.45, 2.75) is 17.7 Å². The monoisotopic (exact) mass is 511 g/mol. The van der Waals surface area contributed by atoms with Crippen LogP contribution in [0.25, 0.3) is 33.1 Å². The second-order valence-electron chi connectivity index (χ2n) is 8.43. The summed E-state index contributed by atoms with van der Waals surface area (Å²) in [6.07, 6.45) is 1.53. The zero-order valence-electron chi connectivity index (χ0n) is 20.3. The molecule has 186 valence electrons. The number of nitrogens with zero attached hydrogens (tertiary/aromatic N) is 1. The Labute approximate surface area is 218 Å². The predicted molar refractivity (Wildman–Crippen MR) is 146 cm³/mol. The fourth-order valence-electron chi connectivity index (χ4n) is 4.01. The lowest BCUT2D eigenvalue weighted by molar-refractivity contribution is 0.0495. The number of carbonyl (C=O) groups is 1. The Bertz CT molecular complexity index is 1610. The first kappa shape index (κ1) is 24.6. The normalized spacial score (nSPS) is 11.1. The van der Waals surface area contributed by atoms with Gasteiger partial charge >= 0.3 is 11.6 Å². The van der Waals surface area contributed by atoms with Gasteiger partial charge in [-0.1, -0.05) is 36.4 Å². The Balaban J connectivity index is 1.19. The van der Waals surface area contributed by atoms with Crippen LogP contribution in [0.2, 0.25) is 0 Å². The lowest BCUT2D eigenvalue weighted by atomic mass is 10.1. The number of aromatic nitrogens is 1. The van der Waals surface area contributed by atoms with E-state index in [0.29, 0.717) is 17.4 Å². The highest BCUT2D eigenvalue weighted by Gasteiger charge is 2.15. The summed E-state index contributed by atoms with van der Waals surface area (Å²) in [4.78, 5) is 30.6. The van der Waals surface area contributed by atoms with E-state index in [0.717, 1.165) is 45.0 Å². The van der Waals surface area contributed by atoms with Crippen molar-refractivity contribution in [3.63, 3.8) is 0 Å². The van der Waals surface area contributed by atoms with Gasteiger partial charge in [-0.2, -0.15) is 0 Å². The molecule has 0 aliphatic rings. The summed E-state index contributed by atoms with van der Waals surface area (Å²) in [6.45, 7) is 0.236. The summed E-state index contributed by atoms with van der Waals surface area (Å²) in [6, 6.07) is 26.7. The van der Waals surface area contributed by atoms with Crippen molar-refractivity contribution >= 4 is 39.6 Å². The number of fused-ring (bicyclic) bond motifs is 2. The first-order chi connectivity index (χ1) is 18.1. The third-order valence-corrected chi connectivity index (χ3v) is 7.10. The molecule has 37 heavy (non-hydrogen) atoms. The van der Waals surface area contributed by atoms with Crippen LogP contribution in [0.3, 0.4) is 0 Å². The number of thioether (sulfide) groups is 1. The molecule has 5 rings (SSSR count). The van der Waals surface area contributed by atoms with Crippen molar-refractivity contribution in [1.82, 2.24) is 4.98 Å². The standard InChI is InChI=1S/C30H25NO5S/c1-34-22-14-12-20(13-15-22)26-19-28(23-9-3-4-10-25(23)31-26)37-17-7-6-16-35-29(32)24-18-21-8-2-5-11-27(21)36-30(24)33/h2-5,8-15,18-19H,6-7,16-17H2,1H3. The number of carbonyl (C=O) groups excluding carboxylic acids is 1. The molecular formula is C30H25NO5S. The first-order valence-corrected chi connectivity index (χ1v) is 13.0. The third kappa shape index (κ3) is 5.67. The van der Waals surface area contributed by atoms with E-state index in [-0.39, 0.29) is 12.2 Å². The summed E-state index contributed by atoms with van der Waals surface area (Å²) >= 11 is 1.76. The van der Waals surface area contributed by atoms with E-state index in [4.69, 9.17) is 18.9 Å². The van der Waals surface area contributed by atoms with Gasteiger partial charge in [0.2, 0.25) is 0 Å². The van der Waals surface area contributed by atoms with Crippen LogP contribution in [0.4, 0.5) is 0 Å². The number of hydrogen-bond donors (Lipinski definition) is 0. The van der Waals surface area contributed by atoms with Crippen molar-refractivity contribution in [1.29, 1.82) is 0 Å². The predicted octanol–water partition coefficient (Wildman–Crippen LogP) is 6.75. The molecule has 2 heterocycles. The van der Waals surface area contributed by atoms with Gasteiger partial charge < -0.3 is 13.9 Å². The van der Waals surface area contributed by atoms with Crippen LogP contribution in [0.5, 0.6) is 5.75 Å². The maximum atomic E-state index is 12.4. The van der Waals surface area contributed by atoms with Gasteiger partial charge in [0, 0.05) is 21.2 Å². The fraction of sp³-hybridized carbons (Fsp3) is 0.167. The third-order valence-electron chi connectivity index (χ3n) is 5.95. The van der Waals surface area contributed by atoms with Crippen LogP contribution in [0.15, 0.2) is 99.0 Å². The molecular weight excluding hydrogens is 486 g/mol. The molecule has 0 spiro atoms. The topological polar surface area (TPSA) is 78.6 Å². The molecule has 0 saturated carbocycles. The molecule has 5 aromatic rings. The summed E-state index contributed by atoms with van der Waals surface area (Å²) in [5, 5.41) is 1.79. The second-order valence-corrected chi connectivity index (χ2v) is 9.56. The van der Waals surface area contributed by atoms with Crippen molar-refractivity contribution < 1.29 is 18.7 Å². The van der Waals surface area contributed by atoms with Gasteiger partial charge in [0.15, 0.2) is 0 Å². The molecule has 7 heteroatoms. The molecule has 0 unspecified atom stereocenters. The zero-order valence-corrected chi connectivity index (χ0v) is 21.1. The van der Waals surface area contributed by atoms with Gasteiger partial charge in [-0.25, -0.2) is 14.6 Å². The van der Waals surface area contributed by atoms with Crippen LogP contribution >= 0.6 is 11.8 Å². The van der Waals surface area contributed by atoms with Crippen LogP contribution in [0, 0.1) is 0 Å². The van der Waals surface area contributed by atoms with E-state index < -0.39 is 11.6 Å². The molecule has 0 N–H and O–H groups in total. The molecule has 3 aromatic carbocycles. The van der Waals surface area contributed by atoms with Crippen LogP contribution in [0.1, 0.15) is 23.2 Å². The summed E-state index contributed by atoms with van der Waals surface area (Å²) in [5.41, 5.74) is 2.56. The minimum atomic E-state index is -0.684. The van der Waals surface area contributed by atoms with Gasteiger partial charge in [0.25, 0.3) is 0 Å². The molecule has 0 bridgehead atoms. The Morgan fingerprint density at radius 3 is 2.57 bits per heavy atom. The molecule has 0 amide bonds. The SMILES string of the molecule is COc1ccc(-c2cc(SCCCCOC(=O)c3cc4ccccc4oc3=O)c3ccccc3n2)cc1. The van der Waals surface area contributed by atoms with Crippen LogP contribution in [-0.2, 0) is 4.74 Å². The molecule has 0 aliphatic carbocycles. The molecule has 0 fully saturated rings. The fourth-order valence-corrected chi connectivity index (χ4v) is 5.10. The highest BCUT2D eigenvalue weighted by molar-refractivity contribution is 7.99. The number of benzene rings is 3. The van der Waals surface area contributed by atoms with Crippen molar-refractivity contribution in [2.24, 2.45) is 0 Å². The number of para-hydroxylation sites is 2. The molecule has 0 saturated heterocycles. The van der Waals surface area contributed by atoms with Gasteiger partial charge in [0.1, 0.15) is 16.9 Å². The van der Waals surface area contributed by atoms with Crippen LogP contribution < -0.4 is 10.4 Å². The van der Waals surface area contributed by atoms with Gasteiger partial charge in [-0.15, -0.1) is 11.8 Å². The average Bonchev–Trinajstić information content (AvgIpc) is 2.94. The Morgan fingerprint density at radius 1 is 0.946 bits per heavy atom. The number of esters is 1. The van der Waals surface area contributed by atoms with E-state index in [2.05, 4.69) is 12.1 Å². The molecule has 0 radical (unpaired) electrons. The number of unbranched alkanes of at least 4 members (excludes halogenated alkanes) is 1. The number of ether oxygens (including phenoxy) is 2. The van der Waals surface area contributed by atoms with Crippen molar-refractivity contribution in [3.8, 4) is 17.0 Å². The molecule has 2 aromatic heterocycles. The van der Waals surface area contributed by atoms with Crippen molar-refractivity contribution in [2.75, 3.05) is 19.5 Å². The number of methoxy groups -OCH3 is 1. The lowest BCUT2D eigenvalue weighted by Gasteiger charge is -2.10. The number of rotatable bonds is 9. The van der Waals surface area contributed by atoms with E-state index in [1.165, 1.54) is 6.07 Å². The van der Waals surface area contributed by atoms with Crippen molar-refractivity contribution in [3.05, 3.63) is 101 Å². The van der Waals surface area contributed by atoms with E-state index in [1.807, 2.05) is 48.5 Å². The lowest BCUT2D eigenvalue weighted by Crippen LogP contribution is -2.17. The van der Waals surface area contributed by atoms with Gasteiger partial charge in [-0.05, 0) is 67.1 Å². The van der Waals surface area contributed by atoms with Crippen LogP contribution in [-0.4, -0.2) is 30.4 Å². The minimum Gasteiger partial charge on any atom is -0.497 e. The number of pyridine rings is 1. The smallest absolute Gasteiger partial charge is 0.351 e. The summed E-state index contributed by atoms with van der Waals surface area (Å²) in [7, 11) is 1.65. The molecule has 6 nitrogen and oxygen atoms in total. The maximum Gasteiger partial charge on any atom is 0.351 e.